The molecule has 1 rings (SSSR count). The fourth-order valence-electron chi connectivity index (χ4n) is 2.12. The van der Waals surface area contributed by atoms with Crippen molar-refractivity contribution in [3.05, 3.63) is 0 Å². The number of rotatable bonds is 4. The minimum atomic E-state index is -0.410. The molecule has 0 aromatic carbocycles. The summed E-state index contributed by atoms with van der Waals surface area (Å²) in [6.07, 6.45) is 5.04. The van der Waals surface area contributed by atoms with Crippen LogP contribution in [0.25, 0.3) is 0 Å². The number of hydrogen-bond donors (Lipinski definition) is 2. The van der Waals surface area contributed by atoms with E-state index in [-0.39, 0.29) is 18.3 Å². The first-order valence-electron chi connectivity index (χ1n) is 5.98. The van der Waals surface area contributed by atoms with Gasteiger partial charge in [-0.25, -0.2) is 0 Å². The Labute approximate surface area is 93.0 Å². The summed E-state index contributed by atoms with van der Waals surface area (Å²) in [7, 11) is 0. The summed E-state index contributed by atoms with van der Waals surface area (Å²) in [6, 6.07) is 0. The predicted molar refractivity (Wildman–Crippen MR) is 61.7 cm³/mol. The molecule has 0 amide bonds. The molecule has 0 heterocycles. The quantitative estimate of drug-likeness (QED) is 0.752. The maximum absolute atomic E-state index is 9.24. The standard InChI is InChI=1S/C12H25NO2/c1-4-11(2,3)15-10-6-5-7-12(13,8-10)9-14/h10,14H,4-9,13H2,1-3H3. The summed E-state index contributed by atoms with van der Waals surface area (Å²) in [6.45, 7) is 6.42. The van der Waals surface area contributed by atoms with E-state index in [1.165, 1.54) is 0 Å². The first-order valence-corrected chi connectivity index (χ1v) is 5.98. The number of aliphatic hydroxyl groups excluding tert-OH is 1. The van der Waals surface area contributed by atoms with Gasteiger partial charge in [0.25, 0.3) is 0 Å². The fraction of sp³-hybridized carbons (Fsp3) is 1.00. The van der Waals surface area contributed by atoms with E-state index < -0.39 is 5.54 Å². The van der Waals surface area contributed by atoms with Crippen LogP contribution in [0.5, 0.6) is 0 Å². The van der Waals surface area contributed by atoms with Crippen molar-refractivity contribution in [2.75, 3.05) is 6.61 Å². The van der Waals surface area contributed by atoms with Crippen LogP contribution in [0.3, 0.4) is 0 Å². The van der Waals surface area contributed by atoms with Crippen molar-refractivity contribution < 1.29 is 9.84 Å². The van der Waals surface area contributed by atoms with Crippen molar-refractivity contribution in [3.63, 3.8) is 0 Å². The highest BCUT2D eigenvalue weighted by Crippen LogP contribution is 2.31. The van der Waals surface area contributed by atoms with Crippen LogP contribution in [-0.2, 0) is 4.74 Å². The second kappa shape index (κ2) is 4.81. The van der Waals surface area contributed by atoms with Crippen LogP contribution >= 0.6 is 0 Å². The van der Waals surface area contributed by atoms with Gasteiger partial charge in [-0.3, -0.25) is 0 Å². The molecule has 3 N–H and O–H groups in total. The van der Waals surface area contributed by atoms with E-state index in [1.807, 2.05) is 0 Å². The molecule has 1 aliphatic carbocycles. The molecule has 1 fully saturated rings. The monoisotopic (exact) mass is 215 g/mol. The van der Waals surface area contributed by atoms with E-state index in [4.69, 9.17) is 10.5 Å². The van der Waals surface area contributed by atoms with E-state index >= 15 is 0 Å². The Kier molecular flexibility index (Phi) is 4.15. The smallest absolute Gasteiger partial charge is 0.0627 e. The largest absolute Gasteiger partial charge is 0.394 e. The summed E-state index contributed by atoms with van der Waals surface area (Å²) in [5, 5.41) is 9.24. The molecule has 90 valence electrons. The molecule has 0 saturated heterocycles. The van der Waals surface area contributed by atoms with E-state index in [0.717, 1.165) is 32.1 Å². The fourth-order valence-corrected chi connectivity index (χ4v) is 2.12. The highest BCUT2D eigenvalue weighted by atomic mass is 16.5. The lowest BCUT2D eigenvalue weighted by molar-refractivity contribution is -0.0995. The zero-order chi connectivity index (χ0) is 11.5. The van der Waals surface area contributed by atoms with Crippen molar-refractivity contribution >= 4 is 0 Å². The third-order valence-corrected chi connectivity index (χ3v) is 3.49. The topological polar surface area (TPSA) is 55.5 Å². The number of hydrogen-bond acceptors (Lipinski definition) is 3. The summed E-state index contributed by atoms with van der Waals surface area (Å²) in [5.74, 6) is 0. The minimum Gasteiger partial charge on any atom is -0.394 e. The van der Waals surface area contributed by atoms with Gasteiger partial charge in [-0.1, -0.05) is 6.92 Å². The van der Waals surface area contributed by atoms with Crippen LogP contribution in [0.4, 0.5) is 0 Å². The highest BCUT2D eigenvalue weighted by molar-refractivity contribution is 4.91. The zero-order valence-electron chi connectivity index (χ0n) is 10.3. The van der Waals surface area contributed by atoms with Crippen molar-refractivity contribution in [3.8, 4) is 0 Å². The Morgan fingerprint density at radius 2 is 2.20 bits per heavy atom. The Hall–Kier alpha value is -0.120. The number of aliphatic hydroxyl groups is 1. The predicted octanol–water partition coefficient (Wildman–Crippen LogP) is 1.82. The maximum atomic E-state index is 9.24. The van der Waals surface area contributed by atoms with Gasteiger partial charge in [-0.05, 0) is 46.0 Å². The molecule has 0 aliphatic heterocycles. The van der Waals surface area contributed by atoms with Crippen LogP contribution < -0.4 is 5.73 Å². The third-order valence-electron chi connectivity index (χ3n) is 3.49. The summed E-state index contributed by atoms with van der Waals surface area (Å²) in [4.78, 5) is 0. The van der Waals surface area contributed by atoms with Crippen molar-refractivity contribution in [2.24, 2.45) is 5.73 Å². The minimum absolute atomic E-state index is 0.0689. The molecule has 3 heteroatoms. The van der Waals surface area contributed by atoms with E-state index in [1.54, 1.807) is 0 Å². The molecule has 0 aromatic heterocycles. The second-order valence-corrected chi connectivity index (χ2v) is 5.47. The van der Waals surface area contributed by atoms with E-state index in [0.29, 0.717) is 0 Å². The third kappa shape index (κ3) is 3.74. The normalized spacial score (nSPS) is 33.0. The molecule has 2 unspecified atom stereocenters. The van der Waals surface area contributed by atoms with Crippen molar-refractivity contribution in [2.45, 2.75) is 70.1 Å². The average molecular weight is 215 g/mol. The molecular formula is C12H25NO2. The Balaban J connectivity index is 2.50. The molecule has 0 aromatic rings. The molecule has 2 atom stereocenters. The van der Waals surface area contributed by atoms with Crippen LogP contribution in [0.1, 0.15) is 52.9 Å². The Bertz CT molecular complexity index is 204. The van der Waals surface area contributed by atoms with Gasteiger partial charge in [0.2, 0.25) is 0 Å². The van der Waals surface area contributed by atoms with Crippen molar-refractivity contribution in [1.29, 1.82) is 0 Å². The van der Waals surface area contributed by atoms with Crippen LogP contribution in [-0.4, -0.2) is 29.0 Å². The first kappa shape index (κ1) is 12.9. The van der Waals surface area contributed by atoms with Gasteiger partial charge in [0.1, 0.15) is 0 Å². The van der Waals surface area contributed by atoms with Gasteiger partial charge in [-0.2, -0.15) is 0 Å². The van der Waals surface area contributed by atoms with Crippen LogP contribution in [0, 0.1) is 0 Å². The Morgan fingerprint density at radius 3 is 2.73 bits per heavy atom. The van der Waals surface area contributed by atoms with Gasteiger partial charge in [0.15, 0.2) is 0 Å². The van der Waals surface area contributed by atoms with Crippen LogP contribution in [0.2, 0.25) is 0 Å². The van der Waals surface area contributed by atoms with Gasteiger partial charge in [-0.15, -0.1) is 0 Å². The second-order valence-electron chi connectivity index (χ2n) is 5.47. The van der Waals surface area contributed by atoms with Crippen LogP contribution in [0.15, 0.2) is 0 Å². The van der Waals surface area contributed by atoms with Gasteiger partial charge >= 0.3 is 0 Å². The summed E-state index contributed by atoms with van der Waals surface area (Å²) >= 11 is 0. The molecule has 15 heavy (non-hydrogen) atoms. The van der Waals surface area contributed by atoms with Crippen molar-refractivity contribution in [1.82, 2.24) is 0 Å². The van der Waals surface area contributed by atoms with E-state index in [9.17, 15) is 5.11 Å². The first-order chi connectivity index (χ1) is 6.91. The lowest BCUT2D eigenvalue weighted by atomic mass is 9.81. The van der Waals surface area contributed by atoms with E-state index in [2.05, 4.69) is 20.8 Å². The molecule has 3 nitrogen and oxygen atoms in total. The SMILES string of the molecule is CCC(C)(C)OC1CCCC(N)(CO)C1. The molecule has 1 aliphatic rings. The summed E-state index contributed by atoms with van der Waals surface area (Å²) in [5.41, 5.74) is 5.60. The number of ether oxygens (including phenoxy) is 1. The summed E-state index contributed by atoms with van der Waals surface area (Å²) < 4.78 is 6.03. The molecule has 0 spiro atoms. The molecular weight excluding hydrogens is 190 g/mol. The van der Waals surface area contributed by atoms with Gasteiger partial charge < -0.3 is 15.6 Å². The molecule has 0 radical (unpaired) electrons. The maximum Gasteiger partial charge on any atom is 0.0627 e. The Morgan fingerprint density at radius 1 is 1.53 bits per heavy atom. The average Bonchev–Trinajstić information content (AvgIpc) is 2.17. The highest BCUT2D eigenvalue weighted by Gasteiger charge is 2.34. The lowest BCUT2D eigenvalue weighted by Crippen LogP contribution is -2.50. The van der Waals surface area contributed by atoms with Gasteiger partial charge in [0.05, 0.1) is 18.3 Å². The van der Waals surface area contributed by atoms with Gasteiger partial charge in [0, 0.05) is 5.54 Å². The number of nitrogens with two attached hydrogens (primary N) is 1. The molecule has 0 bridgehead atoms. The zero-order valence-corrected chi connectivity index (χ0v) is 10.3. The lowest BCUT2D eigenvalue weighted by Gasteiger charge is -2.39. The molecule has 1 saturated carbocycles.